The highest BCUT2D eigenvalue weighted by Gasteiger charge is 2.26. The van der Waals surface area contributed by atoms with Crippen molar-refractivity contribution in [1.29, 1.82) is 0 Å². The molecule has 1 atom stereocenters. The molecule has 1 aliphatic heterocycles. The summed E-state index contributed by atoms with van der Waals surface area (Å²) >= 11 is 0. The van der Waals surface area contributed by atoms with Gasteiger partial charge in [0.2, 0.25) is 5.91 Å². The molecule has 17 heavy (non-hydrogen) atoms. The molecule has 0 bridgehead atoms. The number of nitrogens with zero attached hydrogens (tertiary/aromatic N) is 2. The van der Waals surface area contributed by atoms with Gasteiger partial charge in [0, 0.05) is 38.6 Å². The van der Waals surface area contributed by atoms with Crippen molar-refractivity contribution in [3.63, 3.8) is 0 Å². The molecule has 0 aromatic heterocycles. The van der Waals surface area contributed by atoms with E-state index in [1.807, 2.05) is 4.90 Å². The lowest BCUT2D eigenvalue weighted by Crippen LogP contribution is -2.50. The van der Waals surface area contributed by atoms with E-state index in [1.165, 1.54) is 6.42 Å². The molecule has 1 amide bonds. The first kappa shape index (κ1) is 14.5. The zero-order valence-corrected chi connectivity index (χ0v) is 11.4. The van der Waals surface area contributed by atoms with Crippen molar-refractivity contribution in [2.75, 3.05) is 26.2 Å². The Labute approximate surface area is 105 Å². The van der Waals surface area contributed by atoms with Gasteiger partial charge in [-0.3, -0.25) is 9.69 Å². The summed E-state index contributed by atoms with van der Waals surface area (Å²) in [5.74, 6) is 0.183. The molecule has 1 fully saturated rings. The Hall–Kier alpha value is -0.610. The summed E-state index contributed by atoms with van der Waals surface area (Å²) in [6.45, 7) is 8.59. The number of likely N-dealkylation sites (tertiary alicyclic amines) is 1. The Morgan fingerprint density at radius 2 is 2.18 bits per heavy atom. The highest BCUT2D eigenvalue weighted by molar-refractivity contribution is 5.73. The fourth-order valence-electron chi connectivity index (χ4n) is 2.56. The lowest BCUT2D eigenvalue weighted by atomic mass is 10.0. The third kappa shape index (κ3) is 4.28. The Morgan fingerprint density at radius 1 is 1.47 bits per heavy atom. The van der Waals surface area contributed by atoms with Crippen LogP contribution in [0.2, 0.25) is 0 Å². The van der Waals surface area contributed by atoms with Gasteiger partial charge in [-0.25, -0.2) is 0 Å². The van der Waals surface area contributed by atoms with Crippen LogP contribution in [-0.4, -0.2) is 59.1 Å². The number of piperidine rings is 1. The van der Waals surface area contributed by atoms with Gasteiger partial charge >= 0.3 is 0 Å². The maximum Gasteiger partial charge on any atom is 0.219 e. The van der Waals surface area contributed by atoms with Gasteiger partial charge in [-0.1, -0.05) is 0 Å². The molecule has 0 aromatic carbocycles. The third-order valence-electron chi connectivity index (χ3n) is 3.59. The van der Waals surface area contributed by atoms with Crippen LogP contribution in [0.3, 0.4) is 0 Å². The number of amides is 1. The van der Waals surface area contributed by atoms with Crippen molar-refractivity contribution in [1.82, 2.24) is 9.80 Å². The first-order valence-corrected chi connectivity index (χ1v) is 6.68. The molecule has 100 valence electrons. The average molecular weight is 242 g/mol. The number of aliphatic hydroxyl groups excluding tert-OH is 1. The fourth-order valence-corrected chi connectivity index (χ4v) is 2.56. The van der Waals surface area contributed by atoms with E-state index in [0.29, 0.717) is 18.6 Å². The van der Waals surface area contributed by atoms with Crippen LogP contribution in [0.25, 0.3) is 0 Å². The number of rotatable bonds is 5. The molecule has 4 heteroatoms. The van der Waals surface area contributed by atoms with Crippen molar-refractivity contribution in [2.24, 2.45) is 0 Å². The maximum absolute atomic E-state index is 11.6. The first-order chi connectivity index (χ1) is 8.06. The van der Waals surface area contributed by atoms with E-state index >= 15 is 0 Å². The molecule has 0 saturated carbocycles. The number of aliphatic hydroxyl groups is 1. The Balaban J connectivity index is 2.58. The lowest BCUT2D eigenvalue weighted by Gasteiger charge is -2.39. The number of hydrogen-bond acceptors (Lipinski definition) is 3. The molecule has 0 spiro atoms. The van der Waals surface area contributed by atoms with Crippen LogP contribution >= 0.6 is 0 Å². The van der Waals surface area contributed by atoms with Gasteiger partial charge in [-0.15, -0.1) is 0 Å². The minimum atomic E-state index is 0.183. The van der Waals surface area contributed by atoms with Crippen LogP contribution in [0.15, 0.2) is 0 Å². The van der Waals surface area contributed by atoms with Gasteiger partial charge < -0.3 is 10.0 Å². The summed E-state index contributed by atoms with van der Waals surface area (Å²) in [6, 6.07) is 0.744. The predicted octanol–water partition coefficient (Wildman–Crippen LogP) is 1.09. The molecule has 0 radical (unpaired) electrons. The smallest absolute Gasteiger partial charge is 0.219 e. The molecular weight excluding hydrogens is 216 g/mol. The summed E-state index contributed by atoms with van der Waals surface area (Å²) in [7, 11) is 0. The van der Waals surface area contributed by atoms with Crippen LogP contribution in [0.5, 0.6) is 0 Å². The molecule has 1 aliphatic rings. The van der Waals surface area contributed by atoms with Crippen molar-refractivity contribution in [3.05, 3.63) is 0 Å². The molecule has 4 nitrogen and oxygen atoms in total. The van der Waals surface area contributed by atoms with E-state index in [-0.39, 0.29) is 12.5 Å². The minimum Gasteiger partial charge on any atom is -0.395 e. The Bertz CT molecular complexity index is 244. The zero-order valence-electron chi connectivity index (χ0n) is 11.4. The van der Waals surface area contributed by atoms with Gasteiger partial charge in [0.1, 0.15) is 0 Å². The number of carbonyl (C=O) groups excluding carboxylic acids is 1. The van der Waals surface area contributed by atoms with E-state index in [4.69, 9.17) is 5.11 Å². The van der Waals surface area contributed by atoms with Gasteiger partial charge in [-0.05, 0) is 33.1 Å². The van der Waals surface area contributed by atoms with E-state index in [9.17, 15) is 4.79 Å². The summed E-state index contributed by atoms with van der Waals surface area (Å²) in [5, 5.41) is 9.07. The highest BCUT2D eigenvalue weighted by atomic mass is 16.3. The van der Waals surface area contributed by atoms with Crippen molar-refractivity contribution in [3.8, 4) is 0 Å². The predicted molar refractivity (Wildman–Crippen MR) is 68.8 cm³/mol. The third-order valence-corrected chi connectivity index (χ3v) is 3.59. The molecular formula is C13H26N2O2. The van der Waals surface area contributed by atoms with Crippen LogP contribution in [0.1, 0.15) is 40.0 Å². The van der Waals surface area contributed by atoms with E-state index in [2.05, 4.69) is 18.7 Å². The second-order valence-corrected chi connectivity index (χ2v) is 5.17. The summed E-state index contributed by atoms with van der Waals surface area (Å²) in [6.07, 6.45) is 3.42. The van der Waals surface area contributed by atoms with Crippen molar-refractivity contribution in [2.45, 2.75) is 52.1 Å². The quantitative estimate of drug-likeness (QED) is 0.785. The van der Waals surface area contributed by atoms with E-state index in [0.717, 1.165) is 25.9 Å². The maximum atomic E-state index is 11.6. The monoisotopic (exact) mass is 242 g/mol. The van der Waals surface area contributed by atoms with Crippen molar-refractivity contribution >= 4 is 5.91 Å². The normalized spacial score (nSPS) is 21.3. The van der Waals surface area contributed by atoms with Gasteiger partial charge in [0.25, 0.3) is 0 Å². The van der Waals surface area contributed by atoms with Gasteiger partial charge in [0.05, 0.1) is 6.61 Å². The summed E-state index contributed by atoms with van der Waals surface area (Å²) in [4.78, 5) is 15.8. The molecule has 1 heterocycles. The van der Waals surface area contributed by atoms with Gasteiger partial charge in [-0.2, -0.15) is 0 Å². The largest absolute Gasteiger partial charge is 0.395 e. The van der Waals surface area contributed by atoms with Gasteiger partial charge in [0.15, 0.2) is 0 Å². The topological polar surface area (TPSA) is 43.8 Å². The molecule has 0 aliphatic carbocycles. The summed E-state index contributed by atoms with van der Waals surface area (Å²) < 4.78 is 0. The molecule has 0 aromatic rings. The minimum absolute atomic E-state index is 0.183. The Morgan fingerprint density at radius 3 is 2.71 bits per heavy atom. The molecule has 1 N–H and O–H groups in total. The lowest BCUT2D eigenvalue weighted by molar-refractivity contribution is -0.133. The van der Waals surface area contributed by atoms with E-state index < -0.39 is 0 Å². The van der Waals surface area contributed by atoms with Crippen molar-refractivity contribution < 1.29 is 9.90 Å². The van der Waals surface area contributed by atoms with Crippen LogP contribution in [0.4, 0.5) is 0 Å². The van der Waals surface area contributed by atoms with Crippen LogP contribution in [0, 0.1) is 0 Å². The molecule has 1 saturated heterocycles. The second kappa shape index (κ2) is 6.97. The number of hydrogen-bond donors (Lipinski definition) is 1. The Kier molecular flexibility index (Phi) is 5.92. The average Bonchev–Trinajstić information content (AvgIpc) is 2.28. The second-order valence-electron chi connectivity index (χ2n) is 5.17. The first-order valence-electron chi connectivity index (χ1n) is 6.68. The van der Waals surface area contributed by atoms with E-state index in [1.54, 1.807) is 6.92 Å². The SMILES string of the molecule is CC(=O)N1CCCCC1CN(CCO)C(C)C. The molecule has 1 rings (SSSR count). The summed E-state index contributed by atoms with van der Waals surface area (Å²) in [5.41, 5.74) is 0. The van der Waals surface area contributed by atoms with Crippen LogP contribution < -0.4 is 0 Å². The molecule has 1 unspecified atom stereocenters. The standard InChI is InChI=1S/C13H26N2O2/c1-11(2)14(8-9-16)10-13-6-4-5-7-15(13)12(3)17/h11,13,16H,4-10H2,1-3H3. The number of carbonyl (C=O) groups is 1. The highest BCUT2D eigenvalue weighted by Crippen LogP contribution is 2.18. The fraction of sp³-hybridized carbons (Fsp3) is 0.923. The zero-order chi connectivity index (χ0) is 12.8. The van der Waals surface area contributed by atoms with Crippen LogP contribution in [-0.2, 0) is 4.79 Å².